The molecule has 100 valence electrons. The van der Waals surface area contributed by atoms with Crippen molar-refractivity contribution in [2.45, 2.75) is 44.8 Å². The van der Waals surface area contributed by atoms with Crippen LogP contribution in [0.1, 0.15) is 36.8 Å². The number of aryl methyl sites for hydroxylation is 1. The van der Waals surface area contributed by atoms with Crippen LogP contribution in [0, 0.1) is 6.92 Å². The molecule has 0 aliphatic heterocycles. The van der Waals surface area contributed by atoms with E-state index in [0.717, 1.165) is 24.2 Å². The van der Waals surface area contributed by atoms with E-state index in [-0.39, 0.29) is 5.60 Å². The van der Waals surface area contributed by atoms with Crippen LogP contribution in [0.3, 0.4) is 0 Å². The summed E-state index contributed by atoms with van der Waals surface area (Å²) >= 11 is 0. The highest BCUT2D eigenvalue weighted by Gasteiger charge is 2.33. The van der Waals surface area contributed by atoms with Crippen molar-refractivity contribution in [1.29, 1.82) is 0 Å². The van der Waals surface area contributed by atoms with Gasteiger partial charge in [-0.15, -0.1) is 0 Å². The zero-order chi connectivity index (χ0) is 13.0. The summed E-state index contributed by atoms with van der Waals surface area (Å²) in [6, 6.07) is 6.17. The van der Waals surface area contributed by atoms with Crippen LogP contribution in [0.15, 0.2) is 18.2 Å². The van der Waals surface area contributed by atoms with Crippen LogP contribution in [-0.2, 0) is 11.3 Å². The van der Waals surface area contributed by atoms with Crippen molar-refractivity contribution in [2.75, 3.05) is 13.7 Å². The van der Waals surface area contributed by atoms with Crippen molar-refractivity contribution < 1.29 is 9.47 Å². The normalized spacial score (nSPS) is 17.9. The summed E-state index contributed by atoms with van der Waals surface area (Å²) in [6.45, 7) is 3.28. The standard InChI is InChI=1S/C15H23NO2/c1-12-5-6-14(17-2)13(9-12)10-18-15(11-16)7-3-4-8-15/h5-6,9H,3-4,7-8,10-11,16H2,1-2H3. The van der Waals surface area contributed by atoms with E-state index in [9.17, 15) is 0 Å². The molecule has 0 heterocycles. The molecule has 2 rings (SSSR count). The molecule has 1 aromatic carbocycles. The van der Waals surface area contributed by atoms with Gasteiger partial charge in [0.05, 0.1) is 19.3 Å². The first-order chi connectivity index (χ1) is 8.69. The third-order valence-corrected chi connectivity index (χ3v) is 3.86. The maximum atomic E-state index is 6.12. The smallest absolute Gasteiger partial charge is 0.124 e. The van der Waals surface area contributed by atoms with Crippen LogP contribution in [0.5, 0.6) is 5.75 Å². The summed E-state index contributed by atoms with van der Waals surface area (Å²) in [4.78, 5) is 0. The van der Waals surface area contributed by atoms with E-state index in [0.29, 0.717) is 13.2 Å². The molecule has 0 unspecified atom stereocenters. The van der Waals surface area contributed by atoms with Gasteiger partial charge in [0, 0.05) is 12.1 Å². The molecule has 1 aromatic rings. The Morgan fingerprint density at radius 2 is 2.00 bits per heavy atom. The average molecular weight is 249 g/mol. The molecule has 2 N–H and O–H groups in total. The molecule has 0 spiro atoms. The number of nitrogens with two attached hydrogens (primary N) is 1. The summed E-state index contributed by atoms with van der Waals surface area (Å²) in [6.07, 6.45) is 4.61. The molecule has 18 heavy (non-hydrogen) atoms. The van der Waals surface area contributed by atoms with E-state index >= 15 is 0 Å². The Morgan fingerprint density at radius 1 is 1.28 bits per heavy atom. The molecule has 0 amide bonds. The SMILES string of the molecule is COc1ccc(C)cc1COC1(CN)CCCC1. The predicted octanol–water partition coefficient (Wildman–Crippen LogP) is 2.79. The third-order valence-electron chi connectivity index (χ3n) is 3.86. The van der Waals surface area contributed by atoms with E-state index in [4.69, 9.17) is 15.2 Å². The predicted molar refractivity (Wildman–Crippen MR) is 72.8 cm³/mol. The summed E-state index contributed by atoms with van der Waals surface area (Å²) < 4.78 is 11.5. The Morgan fingerprint density at radius 3 is 2.61 bits per heavy atom. The quantitative estimate of drug-likeness (QED) is 0.872. The fourth-order valence-electron chi connectivity index (χ4n) is 2.68. The van der Waals surface area contributed by atoms with Crippen molar-refractivity contribution in [3.8, 4) is 5.75 Å². The van der Waals surface area contributed by atoms with Crippen molar-refractivity contribution in [3.63, 3.8) is 0 Å². The molecule has 1 saturated carbocycles. The lowest BCUT2D eigenvalue weighted by Crippen LogP contribution is -2.37. The summed E-state index contributed by atoms with van der Waals surface area (Å²) in [5.41, 5.74) is 8.11. The largest absolute Gasteiger partial charge is 0.496 e. The first-order valence-electron chi connectivity index (χ1n) is 6.67. The number of rotatable bonds is 5. The Labute approximate surface area is 109 Å². The van der Waals surface area contributed by atoms with E-state index in [1.165, 1.54) is 18.4 Å². The average Bonchev–Trinajstić information content (AvgIpc) is 2.86. The molecular formula is C15H23NO2. The monoisotopic (exact) mass is 249 g/mol. The molecule has 0 aromatic heterocycles. The molecule has 1 aliphatic rings. The van der Waals surface area contributed by atoms with E-state index in [1.54, 1.807) is 7.11 Å². The van der Waals surface area contributed by atoms with Crippen LogP contribution in [-0.4, -0.2) is 19.3 Å². The second-order valence-corrected chi connectivity index (χ2v) is 5.20. The van der Waals surface area contributed by atoms with E-state index < -0.39 is 0 Å². The van der Waals surface area contributed by atoms with Gasteiger partial charge in [0.25, 0.3) is 0 Å². The minimum absolute atomic E-state index is 0.102. The van der Waals surface area contributed by atoms with Gasteiger partial charge < -0.3 is 15.2 Å². The van der Waals surface area contributed by atoms with Gasteiger partial charge in [-0.1, -0.05) is 30.5 Å². The van der Waals surface area contributed by atoms with Crippen LogP contribution in [0.25, 0.3) is 0 Å². The fourth-order valence-corrected chi connectivity index (χ4v) is 2.68. The maximum absolute atomic E-state index is 6.12. The van der Waals surface area contributed by atoms with Gasteiger partial charge in [0.15, 0.2) is 0 Å². The lowest BCUT2D eigenvalue weighted by Gasteiger charge is -2.28. The van der Waals surface area contributed by atoms with Gasteiger partial charge in [-0.25, -0.2) is 0 Å². The van der Waals surface area contributed by atoms with Gasteiger partial charge in [0.1, 0.15) is 5.75 Å². The van der Waals surface area contributed by atoms with Crippen LogP contribution >= 0.6 is 0 Å². The first kappa shape index (κ1) is 13.4. The second kappa shape index (κ2) is 5.72. The summed E-state index contributed by atoms with van der Waals surface area (Å²) in [7, 11) is 1.70. The molecule has 3 nitrogen and oxygen atoms in total. The van der Waals surface area contributed by atoms with Gasteiger partial charge in [-0.2, -0.15) is 0 Å². The van der Waals surface area contributed by atoms with Crippen molar-refractivity contribution in [1.82, 2.24) is 0 Å². The Kier molecular flexibility index (Phi) is 4.25. The molecule has 0 saturated heterocycles. The Bertz CT molecular complexity index is 397. The van der Waals surface area contributed by atoms with Crippen molar-refractivity contribution in [3.05, 3.63) is 29.3 Å². The topological polar surface area (TPSA) is 44.5 Å². The lowest BCUT2D eigenvalue weighted by molar-refractivity contribution is -0.0454. The minimum Gasteiger partial charge on any atom is -0.496 e. The Balaban J connectivity index is 2.07. The van der Waals surface area contributed by atoms with Gasteiger partial charge in [-0.05, 0) is 25.8 Å². The van der Waals surface area contributed by atoms with Gasteiger partial charge in [0.2, 0.25) is 0 Å². The number of ether oxygens (including phenoxy) is 2. The van der Waals surface area contributed by atoms with Gasteiger partial charge in [-0.3, -0.25) is 0 Å². The highest BCUT2D eigenvalue weighted by molar-refractivity contribution is 5.36. The van der Waals surface area contributed by atoms with Crippen molar-refractivity contribution in [2.24, 2.45) is 5.73 Å². The highest BCUT2D eigenvalue weighted by atomic mass is 16.5. The zero-order valence-electron chi connectivity index (χ0n) is 11.4. The van der Waals surface area contributed by atoms with E-state index in [2.05, 4.69) is 19.1 Å². The molecule has 0 bridgehead atoms. The fraction of sp³-hybridized carbons (Fsp3) is 0.600. The Hall–Kier alpha value is -1.06. The van der Waals surface area contributed by atoms with Crippen molar-refractivity contribution >= 4 is 0 Å². The number of hydrogen-bond donors (Lipinski definition) is 1. The van der Waals surface area contributed by atoms with Gasteiger partial charge >= 0.3 is 0 Å². The molecule has 1 aliphatic carbocycles. The maximum Gasteiger partial charge on any atom is 0.124 e. The molecule has 1 fully saturated rings. The van der Waals surface area contributed by atoms with E-state index in [1.807, 2.05) is 6.07 Å². The minimum atomic E-state index is -0.102. The lowest BCUT2D eigenvalue weighted by atomic mass is 10.0. The van der Waals surface area contributed by atoms with Crippen LogP contribution < -0.4 is 10.5 Å². The number of methoxy groups -OCH3 is 1. The molecular weight excluding hydrogens is 226 g/mol. The van der Waals surface area contributed by atoms with Crippen LogP contribution in [0.4, 0.5) is 0 Å². The number of hydrogen-bond acceptors (Lipinski definition) is 3. The summed E-state index contributed by atoms with van der Waals surface area (Å²) in [5.74, 6) is 0.894. The molecule has 0 atom stereocenters. The zero-order valence-corrected chi connectivity index (χ0v) is 11.4. The van der Waals surface area contributed by atoms with Crippen LogP contribution in [0.2, 0.25) is 0 Å². The summed E-state index contributed by atoms with van der Waals surface area (Å²) in [5, 5.41) is 0. The number of benzene rings is 1. The highest BCUT2D eigenvalue weighted by Crippen LogP contribution is 2.34. The molecule has 0 radical (unpaired) electrons. The third kappa shape index (κ3) is 2.85. The molecule has 3 heteroatoms. The second-order valence-electron chi connectivity index (χ2n) is 5.20. The first-order valence-corrected chi connectivity index (χ1v) is 6.67.